The Morgan fingerprint density at radius 3 is 2.54 bits per heavy atom. The fourth-order valence-electron chi connectivity index (χ4n) is 2.15. The Labute approximate surface area is 143 Å². The molecule has 0 radical (unpaired) electrons. The third kappa shape index (κ3) is 3.18. The number of methoxy groups -OCH3 is 2. The number of hydrogen-bond acceptors (Lipinski definition) is 7. The minimum Gasteiger partial charge on any atom is -0.497 e. The second-order valence-corrected chi connectivity index (χ2v) is 6.34. The maximum atomic E-state index is 11.6. The number of nitrogens with zero attached hydrogens (tertiary/aromatic N) is 4. The van der Waals surface area contributed by atoms with Gasteiger partial charge in [-0.25, -0.2) is 0 Å². The smallest absolute Gasteiger partial charge is 0.318 e. The highest BCUT2D eigenvalue weighted by atomic mass is 32.2. The summed E-state index contributed by atoms with van der Waals surface area (Å²) in [6.45, 7) is 1.78. The number of carbonyl (C=O) groups excluding carboxylic acids is 1. The summed E-state index contributed by atoms with van der Waals surface area (Å²) in [5.74, 6) is 1.10. The number of fused-ring (bicyclic) bond motifs is 1. The molecule has 0 aliphatic rings. The molecule has 3 aromatic rings. The quantitative estimate of drug-likeness (QED) is 0.519. The highest BCUT2D eigenvalue weighted by Crippen LogP contribution is 2.25. The van der Waals surface area contributed by atoms with Crippen LogP contribution in [-0.2, 0) is 9.53 Å². The monoisotopic (exact) mass is 344 g/mol. The molecule has 124 valence electrons. The Balaban J connectivity index is 1.95. The SMILES string of the molecule is COC(=O)[C@H](C)Sc1ccc2nnc(-c3ccc(OC)cc3)n2n1. The van der Waals surface area contributed by atoms with Crippen molar-refractivity contribution in [3.05, 3.63) is 36.4 Å². The van der Waals surface area contributed by atoms with Gasteiger partial charge in [0.25, 0.3) is 0 Å². The van der Waals surface area contributed by atoms with Gasteiger partial charge in [-0.15, -0.1) is 10.2 Å². The summed E-state index contributed by atoms with van der Waals surface area (Å²) in [4.78, 5) is 11.6. The van der Waals surface area contributed by atoms with Crippen LogP contribution in [0, 0.1) is 0 Å². The van der Waals surface area contributed by atoms with Gasteiger partial charge in [-0.3, -0.25) is 4.79 Å². The number of ether oxygens (including phenoxy) is 2. The number of hydrogen-bond donors (Lipinski definition) is 0. The minimum absolute atomic E-state index is 0.291. The molecule has 1 aromatic carbocycles. The highest BCUT2D eigenvalue weighted by Gasteiger charge is 2.17. The molecule has 0 amide bonds. The zero-order valence-corrected chi connectivity index (χ0v) is 14.3. The predicted octanol–water partition coefficient (Wildman–Crippen LogP) is 2.45. The zero-order chi connectivity index (χ0) is 17.1. The summed E-state index contributed by atoms with van der Waals surface area (Å²) in [5.41, 5.74) is 1.51. The summed E-state index contributed by atoms with van der Waals surface area (Å²) in [6, 6.07) is 11.1. The van der Waals surface area contributed by atoms with Gasteiger partial charge < -0.3 is 9.47 Å². The van der Waals surface area contributed by atoms with Crippen LogP contribution in [0.1, 0.15) is 6.92 Å². The first-order chi connectivity index (χ1) is 11.6. The lowest BCUT2D eigenvalue weighted by Crippen LogP contribution is -2.15. The number of carbonyl (C=O) groups is 1. The summed E-state index contributed by atoms with van der Waals surface area (Å²) in [6.07, 6.45) is 0. The van der Waals surface area contributed by atoms with E-state index in [1.54, 1.807) is 18.5 Å². The van der Waals surface area contributed by atoms with Crippen molar-refractivity contribution in [1.29, 1.82) is 0 Å². The number of thioether (sulfide) groups is 1. The van der Waals surface area contributed by atoms with Crippen LogP contribution < -0.4 is 4.74 Å². The zero-order valence-electron chi connectivity index (χ0n) is 13.5. The average Bonchev–Trinajstić information content (AvgIpc) is 3.04. The highest BCUT2D eigenvalue weighted by molar-refractivity contribution is 8.00. The molecule has 0 fully saturated rings. The molecule has 2 heterocycles. The van der Waals surface area contributed by atoms with Crippen LogP contribution in [0.2, 0.25) is 0 Å². The van der Waals surface area contributed by atoms with E-state index in [0.29, 0.717) is 16.5 Å². The van der Waals surface area contributed by atoms with Crippen molar-refractivity contribution in [3.63, 3.8) is 0 Å². The lowest BCUT2D eigenvalue weighted by atomic mass is 10.2. The van der Waals surface area contributed by atoms with Crippen molar-refractivity contribution < 1.29 is 14.3 Å². The first-order valence-corrected chi connectivity index (χ1v) is 8.11. The van der Waals surface area contributed by atoms with E-state index in [1.165, 1.54) is 18.9 Å². The molecule has 0 saturated heterocycles. The Kier molecular flexibility index (Phi) is 4.66. The van der Waals surface area contributed by atoms with Gasteiger partial charge in [0.15, 0.2) is 11.5 Å². The van der Waals surface area contributed by atoms with Crippen molar-refractivity contribution >= 4 is 23.4 Å². The van der Waals surface area contributed by atoms with Crippen LogP contribution in [-0.4, -0.2) is 45.3 Å². The van der Waals surface area contributed by atoms with Crippen LogP contribution in [0.4, 0.5) is 0 Å². The molecule has 8 heteroatoms. The van der Waals surface area contributed by atoms with E-state index in [1.807, 2.05) is 36.4 Å². The second-order valence-electron chi connectivity index (χ2n) is 4.98. The molecule has 3 rings (SSSR count). The van der Waals surface area contributed by atoms with E-state index in [4.69, 9.17) is 9.47 Å². The Bertz CT molecular complexity index is 863. The van der Waals surface area contributed by atoms with Gasteiger partial charge >= 0.3 is 5.97 Å². The molecule has 0 N–H and O–H groups in total. The molecule has 0 bridgehead atoms. The van der Waals surface area contributed by atoms with Gasteiger partial charge in [-0.1, -0.05) is 11.8 Å². The van der Waals surface area contributed by atoms with Crippen LogP contribution >= 0.6 is 11.8 Å². The molecule has 0 aliphatic heterocycles. The fraction of sp³-hybridized carbons (Fsp3) is 0.250. The van der Waals surface area contributed by atoms with Crippen molar-refractivity contribution in [1.82, 2.24) is 19.8 Å². The molecular formula is C16H16N4O3S. The first-order valence-electron chi connectivity index (χ1n) is 7.23. The van der Waals surface area contributed by atoms with Gasteiger partial charge in [0.05, 0.1) is 14.2 Å². The van der Waals surface area contributed by atoms with Crippen LogP contribution in [0.25, 0.3) is 17.0 Å². The average molecular weight is 344 g/mol. The van der Waals surface area contributed by atoms with E-state index < -0.39 is 0 Å². The fourth-order valence-corrected chi connectivity index (χ4v) is 2.98. The largest absolute Gasteiger partial charge is 0.497 e. The number of benzene rings is 1. The first kappa shape index (κ1) is 16.3. The summed E-state index contributed by atoms with van der Waals surface area (Å²) in [5, 5.41) is 13.2. The Hall–Kier alpha value is -2.61. The van der Waals surface area contributed by atoms with Crippen LogP contribution in [0.15, 0.2) is 41.4 Å². The van der Waals surface area contributed by atoms with E-state index in [9.17, 15) is 4.79 Å². The maximum Gasteiger partial charge on any atom is 0.318 e. The van der Waals surface area contributed by atoms with E-state index >= 15 is 0 Å². The third-order valence-corrected chi connectivity index (χ3v) is 4.42. The maximum absolute atomic E-state index is 11.6. The van der Waals surface area contributed by atoms with Gasteiger partial charge in [0, 0.05) is 5.56 Å². The van der Waals surface area contributed by atoms with Crippen molar-refractivity contribution in [2.75, 3.05) is 14.2 Å². The lowest BCUT2D eigenvalue weighted by Gasteiger charge is -2.08. The lowest BCUT2D eigenvalue weighted by molar-refractivity contribution is -0.139. The topological polar surface area (TPSA) is 78.6 Å². The molecule has 2 aromatic heterocycles. The molecule has 0 spiro atoms. The summed E-state index contributed by atoms with van der Waals surface area (Å²) in [7, 11) is 2.99. The van der Waals surface area contributed by atoms with Crippen molar-refractivity contribution in [3.8, 4) is 17.1 Å². The van der Waals surface area contributed by atoms with Crippen LogP contribution in [0.3, 0.4) is 0 Å². The molecule has 24 heavy (non-hydrogen) atoms. The van der Waals surface area contributed by atoms with Crippen molar-refractivity contribution in [2.24, 2.45) is 0 Å². The molecular weight excluding hydrogens is 328 g/mol. The van der Waals surface area contributed by atoms with Gasteiger partial charge in [0.2, 0.25) is 0 Å². The molecule has 7 nitrogen and oxygen atoms in total. The predicted molar refractivity (Wildman–Crippen MR) is 90.1 cm³/mol. The summed E-state index contributed by atoms with van der Waals surface area (Å²) >= 11 is 1.32. The third-order valence-electron chi connectivity index (χ3n) is 3.42. The Morgan fingerprint density at radius 2 is 1.88 bits per heavy atom. The summed E-state index contributed by atoms with van der Waals surface area (Å²) < 4.78 is 11.6. The van der Waals surface area contributed by atoms with Gasteiger partial charge in [0.1, 0.15) is 16.0 Å². The molecule has 0 aliphatic carbocycles. The molecule has 0 saturated carbocycles. The number of rotatable bonds is 5. The van der Waals surface area contributed by atoms with Crippen molar-refractivity contribution in [2.45, 2.75) is 17.2 Å². The second kappa shape index (κ2) is 6.88. The van der Waals surface area contributed by atoms with E-state index in [0.717, 1.165) is 11.3 Å². The van der Waals surface area contributed by atoms with E-state index in [2.05, 4.69) is 15.3 Å². The normalized spacial score (nSPS) is 12.1. The van der Waals surface area contributed by atoms with Crippen LogP contribution in [0.5, 0.6) is 5.75 Å². The van der Waals surface area contributed by atoms with Gasteiger partial charge in [-0.05, 0) is 43.3 Å². The van der Waals surface area contributed by atoms with Gasteiger partial charge in [-0.2, -0.15) is 9.61 Å². The molecule has 1 atom stereocenters. The molecule has 0 unspecified atom stereocenters. The minimum atomic E-state index is -0.346. The van der Waals surface area contributed by atoms with E-state index in [-0.39, 0.29) is 11.2 Å². The standard InChI is InChI=1S/C16H16N4O3S/c1-10(16(21)23-3)24-14-9-8-13-17-18-15(20(13)19-14)11-4-6-12(22-2)7-5-11/h4-10H,1-3H3/t10-/m0/s1. The number of esters is 1. The number of aromatic nitrogens is 4. The Morgan fingerprint density at radius 1 is 1.12 bits per heavy atom.